The van der Waals surface area contributed by atoms with Gasteiger partial charge >= 0.3 is 5.97 Å². The SMILES string of the molecule is CS(=O)(=O)N1CCN(c2ccccc2N2CC(C(=O)O)CC2=O)CC1. The van der Waals surface area contributed by atoms with Gasteiger partial charge in [-0.3, -0.25) is 9.59 Å². The minimum atomic E-state index is -3.21. The summed E-state index contributed by atoms with van der Waals surface area (Å²) in [5, 5.41) is 9.17. The molecule has 25 heavy (non-hydrogen) atoms. The second-order valence-corrected chi connectivity index (χ2v) is 8.36. The number of carboxylic acids is 1. The molecule has 3 rings (SSSR count). The van der Waals surface area contributed by atoms with Gasteiger partial charge in [0.15, 0.2) is 0 Å². The third kappa shape index (κ3) is 3.62. The van der Waals surface area contributed by atoms with E-state index in [-0.39, 0.29) is 18.9 Å². The number of para-hydroxylation sites is 2. The van der Waals surface area contributed by atoms with Crippen LogP contribution in [-0.2, 0) is 19.6 Å². The third-order valence-corrected chi connectivity index (χ3v) is 6.00. The number of sulfonamides is 1. The van der Waals surface area contributed by atoms with E-state index in [4.69, 9.17) is 5.11 Å². The first-order chi connectivity index (χ1) is 11.8. The number of rotatable bonds is 4. The lowest BCUT2D eigenvalue weighted by atomic mass is 10.1. The van der Waals surface area contributed by atoms with Gasteiger partial charge < -0.3 is 14.9 Å². The lowest BCUT2D eigenvalue weighted by Gasteiger charge is -2.36. The number of piperazine rings is 1. The van der Waals surface area contributed by atoms with Gasteiger partial charge in [-0.25, -0.2) is 8.42 Å². The lowest BCUT2D eigenvalue weighted by molar-refractivity contribution is -0.141. The molecule has 0 aromatic heterocycles. The molecule has 136 valence electrons. The lowest BCUT2D eigenvalue weighted by Crippen LogP contribution is -2.48. The maximum Gasteiger partial charge on any atom is 0.308 e. The van der Waals surface area contributed by atoms with E-state index in [9.17, 15) is 18.0 Å². The van der Waals surface area contributed by atoms with Crippen LogP contribution < -0.4 is 9.80 Å². The van der Waals surface area contributed by atoms with Crippen molar-refractivity contribution >= 4 is 33.3 Å². The molecule has 8 nitrogen and oxygen atoms in total. The zero-order valence-electron chi connectivity index (χ0n) is 14.0. The number of nitrogens with zero attached hydrogens (tertiary/aromatic N) is 3. The van der Waals surface area contributed by atoms with E-state index in [0.717, 1.165) is 5.69 Å². The maximum atomic E-state index is 12.3. The van der Waals surface area contributed by atoms with Crippen molar-refractivity contribution < 1.29 is 23.1 Å². The van der Waals surface area contributed by atoms with E-state index in [0.29, 0.717) is 31.9 Å². The van der Waals surface area contributed by atoms with Crippen LogP contribution in [0.1, 0.15) is 6.42 Å². The molecule has 1 amide bonds. The molecule has 9 heteroatoms. The van der Waals surface area contributed by atoms with Gasteiger partial charge in [-0.05, 0) is 12.1 Å². The highest BCUT2D eigenvalue weighted by molar-refractivity contribution is 7.88. The van der Waals surface area contributed by atoms with Crippen molar-refractivity contribution in [2.45, 2.75) is 6.42 Å². The quantitative estimate of drug-likeness (QED) is 0.817. The van der Waals surface area contributed by atoms with Crippen LogP contribution in [0, 0.1) is 5.92 Å². The zero-order chi connectivity index (χ0) is 18.2. The minimum absolute atomic E-state index is 0.00548. The number of carbonyl (C=O) groups is 2. The Kier molecular flexibility index (Phi) is 4.70. The second kappa shape index (κ2) is 6.64. The van der Waals surface area contributed by atoms with Crippen molar-refractivity contribution in [3.05, 3.63) is 24.3 Å². The predicted octanol–water partition coefficient (Wildman–Crippen LogP) is 0.206. The highest BCUT2D eigenvalue weighted by Gasteiger charge is 2.36. The van der Waals surface area contributed by atoms with Gasteiger partial charge in [-0.15, -0.1) is 0 Å². The third-order valence-electron chi connectivity index (χ3n) is 4.70. The Morgan fingerprint density at radius 3 is 2.24 bits per heavy atom. The Labute approximate surface area is 146 Å². The van der Waals surface area contributed by atoms with E-state index in [1.54, 1.807) is 6.07 Å². The molecule has 0 aliphatic carbocycles. The summed E-state index contributed by atoms with van der Waals surface area (Å²) in [6.07, 6.45) is 1.21. The van der Waals surface area contributed by atoms with E-state index in [1.165, 1.54) is 15.5 Å². The molecular weight excluding hydrogens is 346 g/mol. The molecule has 0 radical (unpaired) electrons. The maximum absolute atomic E-state index is 12.3. The summed E-state index contributed by atoms with van der Waals surface area (Å²) < 4.78 is 24.7. The van der Waals surface area contributed by atoms with Gasteiger partial charge in [0.1, 0.15) is 0 Å². The van der Waals surface area contributed by atoms with Crippen LogP contribution in [0.5, 0.6) is 0 Å². The zero-order valence-corrected chi connectivity index (χ0v) is 14.8. The van der Waals surface area contributed by atoms with E-state index < -0.39 is 21.9 Å². The van der Waals surface area contributed by atoms with Crippen LogP contribution in [0.15, 0.2) is 24.3 Å². The van der Waals surface area contributed by atoms with Crippen LogP contribution in [-0.4, -0.2) is 68.7 Å². The van der Waals surface area contributed by atoms with Crippen LogP contribution in [0.2, 0.25) is 0 Å². The summed E-state index contributed by atoms with van der Waals surface area (Å²) in [7, 11) is -3.21. The van der Waals surface area contributed by atoms with Gasteiger partial charge in [-0.1, -0.05) is 12.1 Å². The van der Waals surface area contributed by atoms with E-state index in [1.807, 2.05) is 23.1 Å². The fourth-order valence-electron chi connectivity index (χ4n) is 3.33. The topological polar surface area (TPSA) is 98.2 Å². The molecule has 2 saturated heterocycles. The highest BCUT2D eigenvalue weighted by atomic mass is 32.2. The summed E-state index contributed by atoms with van der Waals surface area (Å²) in [6.45, 7) is 1.98. The Balaban J connectivity index is 1.81. The molecule has 2 aliphatic rings. The molecule has 2 fully saturated rings. The second-order valence-electron chi connectivity index (χ2n) is 6.38. The highest BCUT2D eigenvalue weighted by Crippen LogP contribution is 2.34. The van der Waals surface area contributed by atoms with Gasteiger partial charge in [0, 0.05) is 39.1 Å². The minimum Gasteiger partial charge on any atom is -0.481 e. The van der Waals surface area contributed by atoms with Crippen LogP contribution >= 0.6 is 0 Å². The fraction of sp³-hybridized carbons (Fsp3) is 0.500. The molecule has 0 saturated carbocycles. The first-order valence-corrected chi connectivity index (χ1v) is 9.94. The molecule has 1 unspecified atom stereocenters. The Bertz CT molecular complexity index is 787. The molecule has 1 N–H and O–H groups in total. The van der Waals surface area contributed by atoms with Gasteiger partial charge in [0.2, 0.25) is 15.9 Å². The van der Waals surface area contributed by atoms with Crippen LogP contribution in [0.3, 0.4) is 0 Å². The van der Waals surface area contributed by atoms with Crippen molar-refractivity contribution in [2.24, 2.45) is 5.92 Å². The van der Waals surface area contributed by atoms with Gasteiger partial charge in [-0.2, -0.15) is 4.31 Å². The van der Waals surface area contributed by atoms with Crippen LogP contribution in [0.4, 0.5) is 11.4 Å². The first-order valence-electron chi connectivity index (χ1n) is 8.09. The summed E-state index contributed by atoms with van der Waals surface area (Å²) in [5.74, 6) is -1.85. The smallest absolute Gasteiger partial charge is 0.308 e. The van der Waals surface area contributed by atoms with Crippen molar-refractivity contribution in [2.75, 3.05) is 48.8 Å². The van der Waals surface area contributed by atoms with Crippen LogP contribution in [0.25, 0.3) is 0 Å². The standard InChI is InChI=1S/C16H21N3O5S/c1-25(23,24)18-8-6-17(7-9-18)13-4-2-3-5-14(13)19-11-12(16(21)22)10-15(19)20/h2-5,12H,6-11H2,1H3,(H,21,22). The summed E-state index contributed by atoms with van der Waals surface area (Å²) in [6, 6.07) is 7.36. The first kappa shape index (κ1) is 17.7. The van der Waals surface area contributed by atoms with Crippen molar-refractivity contribution in [3.63, 3.8) is 0 Å². The average molecular weight is 367 g/mol. The largest absolute Gasteiger partial charge is 0.481 e. The average Bonchev–Trinajstić information content (AvgIpc) is 2.96. The van der Waals surface area contributed by atoms with Crippen molar-refractivity contribution in [1.29, 1.82) is 0 Å². The molecule has 0 spiro atoms. The Morgan fingerprint density at radius 2 is 1.72 bits per heavy atom. The predicted molar refractivity (Wildman–Crippen MR) is 93.2 cm³/mol. The summed E-state index contributed by atoms with van der Waals surface area (Å²) in [4.78, 5) is 27.0. The van der Waals surface area contributed by atoms with E-state index >= 15 is 0 Å². The molecular formula is C16H21N3O5S. The molecule has 1 aromatic rings. The number of hydrogen-bond donors (Lipinski definition) is 1. The fourth-order valence-corrected chi connectivity index (χ4v) is 4.15. The Hall–Kier alpha value is -2.13. The monoisotopic (exact) mass is 367 g/mol. The number of carbonyl (C=O) groups excluding carboxylic acids is 1. The number of hydrogen-bond acceptors (Lipinski definition) is 5. The normalized spacial score (nSPS) is 22.4. The number of aliphatic carboxylic acids is 1. The number of anilines is 2. The molecule has 1 atom stereocenters. The molecule has 0 bridgehead atoms. The van der Waals surface area contributed by atoms with E-state index in [2.05, 4.69) is 0 Å². The molecule has 1 aromatic carbocycles. The van der Waals surface area contributed by atoms with Gasteiger partial charge in [0.25, 0.3) is 0 Å². The number of benzene rings is 1. The Morgan fingerprint density at radius 1 is 1.12 bits per heavy atom. The summed E-state index contributed by atoms with van der Waals surface area (Å²) in [5.41, 5.74) is 1.51. The van der Waals surface area contributed by atoms with Crippen molar-refractivity contribution in [3.8, 4) is 0 Å². The summed E-state index contributed by atoms with van der Waals surface area (Å²) >= 11 is 0. The number of carboxylic acid groups (broad SMARTS) is 1. The molecule has 2 aliphatic heterocycles. The van der Waals surface area contributed by atoms with Crippen molar-refractivity contribution in [1.82, 2.24) is 4.31 Å². The molecule has 2 heterocycles. The van der Waals surface area contributed by atoms with Gasteiger partial charge in [0.05, 0.1) is 23.5 Å². The number of amides is 1.